The first kappa shape index (κ1) is 14.2. The predicted molar refractivity (Wildman–Crippen MR) is 81.2 cm³/mol. The van der Waals surface area contributed by atoms with Gasteiger partial charge in [-0.1, -0.05) is 55.5 Å². The zero-order chi connectivity index (χ0) is 12.9. The summed E-state index contributed by atoms with van der Waals surface area (Å²) in [5, 5.41) is 0.755. The maximum atomic E-state index is 5.81. The number of aliphatic imine (C=N–C) groups is 1. The van der Waals surface area contributed by atoms with Crippen molar-refractivity contribution < 1.29 is 0 Å². The first-order chi connectivity index (χ1) is 7.87. The average molecular weight is 266 g/mol. The van der Waals surface area contributed by atoms with Gasteiger partial charge in [-0.3, -0.25) is 4.99 Å². The molecule has 0 atom stereocenters. The molecule has 1 aromatic carbocycles. The molecule has 0 amide bonds. The Morgan fingerprint density at radius 3 is 2.41 bits per heavy atom. The molecule has 1 nitrogen and oxygen atoms in total. The maximum Gasteiger partial charge on any atom is 0.0594 e. The van der Waals surface area contributed by atoms with Crippen LogP contribution in [0.4, 0.5) is 0 Å². The molecule has 0 aliphatic heterocycles. The van der Waals surface area contributed by atoms with Crippen molar-refractivity contribution in [3.8, 4) is 0 Å². The molecule has 92 valence electrons. The zero-order valence-electron chi connectivity index (χ0n) is 10.8. The SMILES string of the molecule is C=C(CN=Cc1ccc(Cl)cc1)C[Si](C)(C)C. The number of rotatable bonds is 5. The second-order valence-corrected chi connectivity index (χ2v) is 11.4. The van der Waals surface area contributed by atoms with E-state index in [4.69, 9.17) is 11.6 Å². The van der Waals surface area contributed by atoms with Crippen molar-refractivity contribution in [2.45, 2.75) is 25.7 Å². The lowest BCUT2D eigenvalue weighted by molar-refractivity contribution is 1.13. The molecule has 1 rings (SSSR count). The maximum absolute atomic E-state index is 5.81. The largest absolute Gasteiger partial charge is 0.288 e. The normalized spacial score (nSPS) is 12.0. The van der Waals surface area contributed by atoms with E-state index >= 15 is 0 Å². The molecule has 3 heteroatoms. The summed E-state index contributed by atoms with van der Waals surface area (Å²) in [6, 6.07) is 8.82. The van der Waals surface area contributed by atoms with Gasteiger partial charge in [-0.25, -0.2) is 0 Å². The van der Waals surface area contributed by atoms with Crippen LogP contribution in [0.1, 0.15) is 5.56 Å². The van der Waals surface area contributed by atoms with Crippen molar-refractivity contribution >= 4 is 25.9 Å². The topological polar surface area (TPSA) is 12.4 Å². The van der Waals surface area contributed by atoms with Crippen LogP contribution in [-0.4, -0.2) is 20.8 Å². The Morgan fingerprint density at radius 1 is 1.29 bits per heavy atom. The molecular weight excluding hydrogens is 246 g/mol. The summed E-state index contributed by atoms with van der Waals surface area (Å²) in [7, 11) is -1.05. The van der Waals surface area contributed by atoms with E-state index in [9.17, 15) is 0 Å². The molecule has 0 aromatic heterocycles. The third-order valence-corrected chi connectivity index (χ3v) is 4.02. The van der Waals surface area contributed by atoms with Gasteiger partial charge in [0.05, 0.1) is 6.54 Å². The second kappa shape index (κ2) is 6.17. The fourth-order valence-corrected chi connectivity index (χ4v) is 3.37. The first-order valence-electron chi connectivity index (χ1n) is 5.79. The van der Waals surface area contributed by atoms with Crippen LogP contribution in [-0.2, 0) is 0 Å². The Kier molecular flexibility index (Phi) is 5.16. The van der Waals surface area contributed by atoms with Gasteiger partial charge in [-0.2, -0.15) is 0 Å². The highest BCUT2D eigenvalue weighted by Gasteiger charge is 2.13. The summed E-state index contributed by atoms with van der Waals surface area (Å²) in [6.45, 7) is 11.9. The Morgan fingerprint density at radius 2 is 1.88 bits per heavy atom. The van der Waals surface area contributed by atoms with Gasteiger partial charge in [0, 0.05) is 19.3 Å². The molecule has 17 heavy (non-hydrogen) atoms. The van der Waals surface area contributed by atoms with E-state index in [-0.39, 0.29) is 0 Å². The minimum absolute atomic E-state index is 0.729. The van der Waals surface area contributed by atoms with E-state index in [1.807, 2.05) is 30.5 Å². The van der Waals surface area contributed by atoms with E-state index in [0.29, 0.717) is 0 Å². The van der Waals surface area contributed by atoms with Crippen LogP contribution in [0, 0.1) is 0 Å². The number of hydrogen-bond donors (Lipinski definition) is 0. The molecule has 0 saturated carbocycles. The molecule has 0 saturated heterocycles. The minimum Gasteiger partial charge on any atom is -0.288 e. The fraction of sp³-hybridized carbons (Fsp3) is 0.357. The lowest BCUT2D eigenvalue weighted by Crippen LogP contribution is -2.20. The highest BCUT2D eigenvalue weighted by atomic mass is 35.5. The lowest BCUT2D eigenvalue weighted by Gasteiger charge is -2.16. The predicted octanol–water partition coefficient (Wildman–Crippen LogP) is 4.65. The summed E-state index contributed by atoms with van der Waals surface area (Å²) < 4.78 is 0. The third kappa shape index (κ3) is 6.44. The summed E-state index contributed by atoms with van der Waals surface area (Å²) in [4.78, 5) is 4.41. The van der Waals surface area contributed by atoms with Crippen LogP contribution in [0.5, 0.6) is 0 Å². The van der Waals surface area contributed by atoms with E-state index in [0.717, 1.165) is 23.2 Å². The van der Waals surface area contributed by atoms with Crippen molar-refractivity contribution in [2.75, 3.05) is 6.54 Å². The van der Waals surface area contributed by atoms with Crippen molar-refractivity contribution in [1.29, 1.82) is 0 Å². The Labute approximate surface area is 110 Å². The molecule has 0 unspecified atom stereocenters. The summed E-state index contributed by atoms with van der Waals surface area (Å²) in [6.07, 6.45) is 1.88. The molecule has 0 radical (unpaired) electrons. The summed E-state index contributed by atoms with van der Waals surface area (Å²) in [5.74, 6) is 0. The van der Waals surface area contributed by atoms with Crippen molar-refractivity contribution in [1.82, 2.24) is 0 Å². The van der Waals surface area contributed by atoms with Gasteiger partial charge >= 0.3 is 0 Å². The summed E-state index contributed by atoms with van der Waals surface area (Å²) >= 11 is 5.81. The molecule has 1 aromatic rings. The smallest absolute Gasteiger partial charge is 0.0594 e. The molecule has 0 aliphatic carbocycles. The Bertz CT molecular complexity index is 401. The number of nitrogens with zero attached hydrogens (tertiary/aromatic N) is 1. The van der Waals surface area contributed by atoms with Crippen LogP contribution in [0.15, 0.2) is 41.4 Å². The Balaban J connectivity index is 2.45. The van der Waals surface area contributed by atoms with Gasteiger partial charge in [0.15, 0.2) is 0 Å². The van der Waals surface area contributed by atoms with E-state index in [1.165, 1.54) is 5.57 Å². The average Bonchev–Trinajstić information content (AvgIpc) is 2.18. The quantitative estimate of drug-likeness (QED) is 0.417. The second-order valence-electron chi connectivity index (χ2n) is 5.51. The van der Waals surface area contributed by atoms with Crippen LogP contribution in [0.2, 0.25) is 30.7 Å². The van der Waals surface area contributed by atoms with Gasteiger partial charge in [-0.05, 0) is 23.7 Å². The highest BCUT2D eigenvalue weighted by Crippen LogP contribution is 2.14. The summed E-state index contributed by atoms with van der Waals surface area (Å²) in [5.41, 5.74) is 2.31. The number of benzene rings is 1. The van der Waals surface area contributed by atoms with Gasteiger partial charge in [-0.15, -0.1) is 0 Å². The van der Waals surface area contributed by atoms with Gasteiger partial charge < -0.3 is 0 Å². The first-order valence-corrected chi connectivity index (χ1v) is 9.87. The van der Waals surface area contributed by atoms with Crippen molar-refractivity contribution in [2.24, 2.45) is 4.99 Å². The molecule has 0 heterocycles. The van der Waals surface area contributed by atoms with E-state index in [1.54, 1.807) is 0 Å². The highest BCUT2D eigenvalue weighted by molar-refractivity contribution is 6.76. The minimum atomic E-state index is -1.05. The van der Waals surface area contributed by atoms with E-state index < -0.39 is 8.07 Å². The molecule has 0 fully saturated rings. The molecule has 0 spiro atoms. The third-order valence-electron chi connectivity index (χ3n) is 2.21. The lowest BCUT2D eigenvalue weighted by atomic mass is 10.2. The Hall–Kier alpha value is -0.863. The number of hydrogen-bond acceptors (Lipinski definition) is 1. The molecule has 0 aliphatic rings. The van der Waals surface area contributed by atoms with Gasteiger partial charge in [0.1, 0.15) is 0 Å². The van der Waals surface area contributed by atoms with Gasteiger partial charge in [0.25, 0.3) is 0 Å². The van der Waals surface area contributed by atoms with Crippen LogP contribution in [0.25, 0.3) is 0 Å². The monoisotopic (exact) mass is 265 g/mol. The van der Waals surface area contributed by atoms with Crippen LogP contribution >= 0.6 is 11.6 Å². The molecule has 0 N–H and O–H groups in total. The molecule has 0 bridgehead atoms. The molecular formula is C14H20ClNSi. The zero-order valence-corrected chi connectivity index (χ0v) is 12.6. The van der Waals surface area contributed by atoms with E-state index in [2.05, 4.69) is 31.2 Å². The van der Waals surface area contributed by atoms with Crippen LogP contribution < -0.4 is 0 Å². The van der Waals surface area contributed by atoms with Crippen LogP contribution in [0.3, 0.4) is 0 Å². The van der Waals surface area contributed by atoms with Crippen molar-refractivity contribution in [3.63, 3.8) is 0 Å². The number of halogens is 1. The van der Waals surface area contributed by atoms with Gasteiger partial charge in [0.2, 0.25) is 0 Å². The van der Waals surface area contributed by atoms with Crippen molar-refractivity contribution in [3.05, 3.63) is 47.0 Å². The fourth-order valence-electron chi connectivity index (χ4n) is 1.63. The standard InChI is InChI=1S/C14H20ClNSi/c1-12(11-17(2,3)4)9-16-10-13-5-7-14(15)8-6-13/h5-8,10H,1,9,11H2,2-4H3.